The van der Waals surface area contributed by atoms with Crippen LogP contribution in [0, 0.1) is 5.92 Å². The number of carbonyl (C=O) groups excluding carboxylic acids is 2. The lowest BCUT2D eigenvalue weighted by Gasteiger charge is -2.27. The van der Waals surface area contributed by atoms with Crippen LogP contribution in [0.25, 0.3) is 0 Å². The summed E-state index contributed by atoms with van der Waals surface area (Å²) in [6, 6.07) is 21.5. The van der Waals surface area contributed by atoms with Gasteiger partial charge in [0.25, 0.3) is 11.8 Å². The van der Waals surface area contributed by atoms with Crippen molar-refractivity contribution in [1.82, 2.24) is 15.0 Å². The molecule has 2 amide bonds. The minimum Gasteiger partial charge on any atom is -0.497 e. The van der Waals surface area contributed by atoms with Crippen molar-refractivity contribution >= 4 is 23.2 Å². The number of hydrogen-bond acceptors (Lipinski definition) is 7. The molecule has 0 unspecified atom stereocenters. The molecule has 0 saturated carbocycles. The average molecular weight is 582 g/mol. The van der Waals surface area contributed by atoms with Gasteiger partial charge in [0.1, 0.15) is 5.75 Å². The quantitative estimate of drug-likeness (QED) is 0.215. The van der Waals surface area contributed by atoms with Crippen molar-refractivity contribution in [2.45, 2.75) is 38.5 Å². The first kappa shape index (κ1) is 29.7. The van der Waals surface area contributed by atoms with E-state index in [2.05, 4.69) is 15.6 Å². The highest BCUT2D eigenvalue weighted by atomic mass is 16.5. The minimum absolute atomic E-state index is 0.0239. The number of amides is 2. The van der Waals surface area contributed by atoms with E-state index in [1.807, 2.05) is 49.4 Å². The summed E-state index contributed by atoms with van der Waals surface area (Å²) in [5, 5.41) is 31.9. The van der Waals surface area contributed by atoms with E-state index in [1.165, 1.54) is 0 Å². The van der Waals surface area contributed by atoms with Crippen LogP contribution in [0.5, 0.6) is 5.75 Å². The summed E-state index contributed by atoms with van der Waals surface area (Å²) in [5.74, 6) is -0.428. The maximum Gasteiger partial charge on any atom is 0.264 e. The second kappa shape index (κ2) is 13.0. The van der Waals surface area contributed by atoms with E-state index < -0.39 is 11.5 Å². The molecule has 2 heterocycles. The van der Waals surface area contributed by atoms with Crippen molar-refractivity contribution in [2.24, 2.45) is 5.92 Å². The standard InChI is InChI=1S/C33H35N5O5/c1-23(7-5-6-19-37-22-27(18-20-39)35-36-37)33(42)29-8-3-4-9-30(29)38(32(33)41)21-24-10-14-26(15-11-24)34-31(40)25-12-16-28(43-2)17-13-25/h3-5,7-17,22-23,39,42H,6,18-21H2,1-2H3,(H,34,40)/b7-5+/t23-,33+/m0/s1. The number of para-hydroxylation sites is 1. The number of ether oxygens (including phenoxy) is 1. The summed E-state index contributed by atoms with van der Waals surface area (Å²) in [6.07, 6.45) is 6.71. The van der Waals surface area contributed by atoms with Crippen LogP contribution in [0.2, 0.25) is 0 Å². The molecule has 10 nitrogen and oxygen atoms in total. The summed E-state index contributed by atoms with van der Waals surface area (Å²) < 4.78 is 6.86. The number of fused-ring (bicyclic) bond motifs is 1. The maximum absolute atomic E-state index is 13.8. The Bertz CT molecular complexity index is 1600. The minimum atomic E-state index is -1.71. The van der Waals surface area contributed by atoms with Gasteiger partial charge in [-0.2, -0.15) is 0 Å². The number of nitrogens with zero attached hydrogens (tertiary/aromatic N) is 4. The van der Waals surface area contributed by atoms with Gasteiger partial charge in [-0.25, -0.2) is 0 Å². The zero-order valence-electron chi connectivity index (χ0n) is 24.2. The fourth-order valence-electron chi connectivity index (χ4n) is 5.20. The molecule has 0 aliphatic carbocycles. The number of aliphatic hydroxyl groups excluding tert-OH is 1. The molecule has 0 spiro atoms. The number of carbonyl (C=O) groups is 2. The van der Waals surface area contributed by atoms with Crippen LogP contribution in [-0.4, -0.2) is 50.7 Å². The van der Waals surface area contributed by atoms with Crippen LogP contribution in [-0.2, 0) is 29.9 Å². The van der Waals surface area contributed by atoms with Crippen molar-refractivity contribution in [3.05, 3.63) is 114 Å². The molecule has 1 aliphatic heterocycles. The Morgan fingerprint density at radius 3 is 2.56 bits per heavy atom. The van der Waals surface area contributed by atoms with Gasteiger partial charge in [0.05, 0.1) is 25.0 Å². The molecule has 4 aromatic rings. The van der Waals surface area contributed by atoms with Gasteiger partial charge in [0.2, 0.25) is 0 Å². The lowest BCUT2D eigenvalue weighted by atomic mass is 9.83. The second-order valence-corrected chi connectivity index (χ2v) is 10.5. The van der Waals surface area contributed by atoms with Crippen LogP contribution >= 0.6 is 0 Å². The summed E-state index contributed by atoms with van der Waals surface area (Å²) >= 11 is 0. The van der Waals surface area contributed by atoms with Crippen molar-refractivity contribution in [1.29, 1.82) is 0 Å². The highest BCUT2D eigenvalue weighted by Gasteiger charge is 2.52. The predicted octanol–water partition coefficient (Wildman–Crippen LogP) is 4.09. The molecule has 2 atom stereocenters. The zero-order chi connectivity index (χ0) is 30.4. The molecule has 0 saturated heterocycles. The number of aromatic nitrogens is 3. The fraction of sp³-hybridized carbons (Fsp3) is 0.273. The van der Waals surface area contributed by atoms with Crippen molar-refractivity contribution in [3.63, 3.8) is 0 Å². The Morgan fingerprint density at radius 1 is 1.09 bits per heavy atom. The third-order valence-corrected chi connectivity index (χ3v) is 7.64. The molecule has 43 heavy (non-hydrogen) atoms. The Morgan fingerprint density at radius 2 is 1.84 bits per heavy atom. The number of benzene rings is 3. The van der Waals surface area contributed by atoms with Crippen LogP contribution in [0.1, 0.15) is 40.5 Å². The first-order chi connectivity index (χ1) is 20.8. The SMILES string of the molecule is COc1ccc(C(=O)Nc2ccc(CN3C(=O)[C@@](O)([C@@H](C)/C=C/CCn4cc(CCO)nn4)c4ccccc43)cc2)cc1. The van der Waals surface area contributed by atoms with E-state index in [1.54, 1.807) is 65.4 Å². The number of nitrogens with one attached hydrogen (secondary N) is 1. The molecule has 3 aromatic carbocycles. The van der Waals surface area contributed by atoms with E-state index in [0.717, 1.165) is 11.3 Å². The summed E-state index contributed by atoms with van der Waals surface area (Å²) in [4.78, 5) is 28.0. The Hall–Kier alpha value is -4.80. The maximum atomic E-state index is 13.8. The van der Waals surface area contributed by atoms with E-state index in [4.69, 9.17) is 9.84 Å². The molecule has 10 heteroatoms. The molecule has 1 aliphatic rings. The molecule has 222 valence electrons. The second-order valence-electron chi connectivity index (χ2n) is 10.5. The van der Waals surface area contributed by atoms with Crippen LogP contribution in [0.3, 0.4) is 0 Å². The number of anilines is 2. The Kier molecular flexibility index (Phi) is 8.98. The van der Waals surface area contributed by atoms with Crippen LogP contribution in [0.15, 0.2) is 91.1 Å². The smallest absolute Gasteiger partial charge is 0.264 e. The molecule has 3 N–H and O–H groups in total. The molecular formula is C33H35N5O5. The molecule has 0 fully saturated rings. The Balaban J connectivity index is 1.24. The number of rotatable bonds is 12. The van der Waals surface area contributed by atoms with Gasteiger partial charge in [-0.05, 0) is 54.4 Å². The highest BCUT2D eigenvalue weighted by molar-refractivity contribution is 6.07. The fourth-order valence-corrected chi connectivity index (χ4v) is 5.20. The van der Waals surface area contributed by atoms with Gasteiger partial charge in [-0.3, -0.25) is 14.3 Å². The van der Waals surface area contributed by atoms with Gasteiger partial charge in [-0.1, -0.05) is 54.6 Å². The predicted molar refractivity (Wildman–Crippen MR) is 163 cm³/mol. The lowest BCUT2D eigenvalue weighted by molar-refractivity contribution is -0.139. The van der Waals surface area contributed by atoms with Crippen molar-refractivity contribution in [2.75, 3.05) is 23.9 Å². The number of aryl methyl sites for hydroxylation is 1. The first-order valence-electron chi connectivity index (χ1n) is 14.2. The van der Waals surface area contributed by atoms with E-state index >= 15 is 0 Å². The van der Waals surface area contributed by atoms with Crippen molar-refractivity contribution in [3.8, 4) is 5.75 Å². The van der Waals surface area contributed by atoms with Gasteiger partial charge >= 0.3 is 0 Å². The number of methoxy groups -OCH3 is 1. The van der Waals surface area contributed by atoms with Crippen molar-refractivity contribution < 1.29 is 24.5 Å². The van der Waals surface area contributed by atoms with Gasteiger partial charge in [0.15, 0.2) is 5.60 Å². The van der Waals surface area contributed by atoms with E-state index in [-0.39, 0.29) is 25.0 Å². The topological polar surface area (TPSA) is 130 Å². The Labute approximate surface area is 250 Å². The van der Waals surface area contributed by atoms with Crippen LogP contribution in [0.4, 0.5) is 11.4 Å². The monoisotopic (exact) mass is 581 g/mol. The summed E-state index contributed by atoms with van der Waals surface area (Å²) in [5.41, 5.74) is 2.26. The first-order valence-corrected chi connectivity index (χ1v) is 14.2. The molecular weight excluding hydrogens is 546 g/mol. The normalized spacial score (nSPS) is 16.8. The molecule has 0 radical (unpaired) electrons. The molecule has 5 rings (SSSR count). The number of hydrogen-bond donors (Lipinski definition) is 3. The lowest BCUT2D eigenvalue weighted by Crippen LogP contribution is -2.44. The number of allylic oxidation sites excluding steroid dienone is 1. The highest BCUT2D eigenvalue weighted by Crippen LogP contribution is 2.45. The summed E-state index contributed by atoms with van der Waals surface area (Å²) in [6.45, 7) is 2.72. The largest absolute Gasteiger partial charge is 0.497 e. The summed E-state index contributed by atoms with van der Waals surface area (Å²) in [7, 11) is 1.57. The third kappa shape index (κ3) is 6.35. The molecule has 1 aromatic heterocycles. The van der Waals surface area contributed by atoms with Gasteiger partial charge < -0.3 is 25.2 Å². The molecule has 0 bridgehead atoms. The van der Waals surface area contributed by atoms with E-state index in [0.29, 0.717) is 47.6 Å². The third-order valence-electron chi connectivity index (χ3n) is 7.64. The van der Waals surface area contributed by atoms with E-state index in [9.17, 15) is 14.7 Å². The van der Waals surface area contributed by atoms with Gasteiger partial charge in [-0.15, -0.1) is 5.10 Å². The zero-order valence-corrected chi connectivity index (χ0v) is 24.2. The van der Waals surface area contributed by atoms with Gasteiger partial charge in [0, 0.05) is 48.5 Å². The van der Waals surface area contributed by atoms with Crippen LogP contribution < -0.4 is 15.0 Å². The number of aliphatic hydroxyl groups is 2. The average Bonchev–Trinajstić information content (AvgIpc) is 3.57.